The number of hydrogen-bond donors (Lipinski definition) is 2. The summed E-state index contributed by atoms with van der Waals surface area (Å²) in [7, 11) is 0. The van der Waals surface area contributed by atoms with E-state index in [2.05, 4.69) is 10.6 Å². The molecule has 0 radical (unpaired) electrons. The Labute approximate surface area is 119 Å². The third-order valence-corrected chi connectivity index (χ3v) is 3.54. The number of carbonyl (C=O) groups is 2. The van der Waals surface area contributed by atoms with Crippen molar-refractivity contribution in [3.05, 3.63) is 29.3 Å². The van der Waals surface area contributed by atoms with Gasteiger partial charge in [-0.25, -0.2) is 0 Å². The van der Waals surface area contributed by atoms with Crippen molar-refractivity contribution in [1.29, 1.82) is 0 Å². The molecule has 2 amide bonds. The molecule has 5 nitrogen and oxygen atoms in total. The Morgan fingerprint density at radius 2 is 1.85 bits per heavy atom. The minimum absolute atomic E-state index is 0.448. The number of carbonyl (C=O) groups excluding carboxylic acids is 2. The molecule has 1 aromatic carbocycles. The normalized spacial score (nSPS) is 15.6. The largest absolute Gasteiger partial charge is 0.333 e. The minimum atomic E-state index is -0.552. The highest BCUT2D eigenvalue weighted by molar-refractivity contribution is 6.39. The van der Waals surface area contributed by atoms with Gasteiger partial charge in [0.05, 0.1) is 0 Å². The van der Waals surface area contributed by atoms with Gasteiger partial charge in [-0.15, -0.1) is 0 Å². The summed E-state index contributed by atoms with van der Waals surface area (Å²) in [6.45, 7) is 6.68. The summed E-state index contributed by atoms with van der Waals surface area (Å²) in [5.74, 6) is -0.999. The average molecular weight is 275 g/mol. The summed E-state index contributed by atoms with van der Waals surface area (Å²) in [5.41, 5.74) is 2.66. The van der Waals surface area contributed by atoms with Gasteiger partial charge in [0.1, 0.15) is 0 Å². The van der Waals surface area contributed by atoms with Gasteiger partial charge in [-0.05, 0) is 37.9 Å². The van der Waals surface area contributed by atoms with E-state index in [1.54, 1.807) is 4.90 Å². The van der Waals surface area contributed by atoms with E-state index in [0.29, 0.717) is 13.1 Å². The number of amides is 2. The first-order chi connectivity index (χ1) is 9.59. The SMILES string of the molecule is Cc1cccc(C)c1NC(=O)C(=O)N1CCCNCC1. The second-order valence-electron chi connectivity index (χ2n) is 5.12. The molecule has 0 saturated carbocycles. The molecule has 1 aromatic rings. The van der Waals surface area contributed by atoms with E-state index >= 15 is 0 Å². The van der Waals surface area contributed by atoms with Crippen LogP contribution in [0.15, 0.2) is 18.2 Å². The van der Waals surface area contributed by atoms with Gasteiger partial charge in [0.25, 0.3) is 0 Å². The van der Waals surface area contributed by atoms with E-state index in [1.807, 2.05) is 32.0 Å². The van der Waals surface area contributed by atoms with Gasteiger partial charge in [0.2, 0.25) is 0 Å². The quantitative estimate of drug-likeness (QED) is 0.754. The molecule has 5 heteroatoms. The summed E-state index contributed by atoms with van der Waals surface area (Å²) in [5, 5.41) is 5.96. The monoisotopic (exact) mass is 275 g/mol. The van der Waals surface area contributed by atoms with E-state index in [0.717, 1.165) is 36.3 Å². The number of benzene rings is 1. The number of aryl methyl sites for hydroxylation is 2. The van der Waals surface area contributed by atoms with Crippen LogP contribution in [0.3, 0.4) is 0 Å². The maximum atomic E-state index is 12.2. The summed E-state index contributed by atoms with van der Waals surface area (Å²) in [6, 6.07) is 5.77. The molecule has 1 fully saturated rings. The Hall–Kier alpha value is -1.88. The fourth-order valence-corrected chi connectivity index (χ4v) is 2.37. The zero-order valence-electron chi connectivity index (χ0n) is 12.0. The minimum Gasteiger partial charge on any atom is -0.333 e. The Morgan fingerprint density at radius 3 is 2.55 bits per heavy atom. The first kappa shape index (κ1) is 14.5. The summed E-state index contributed by atoms with van der Waals surface area (Å²) in [6.07, 6.45) is 0.877. The maximum absolute atomic E-state index is 12.2. The molecular weight excluding hydrogens is 254 g/mol. The molecule has 108 valence electrons. The van der Waals surface area contributed by atoms with Gasteiger partial charge in [0.15, 0.2) is 0 Å². The van der Waals surface area contributed by atoms with Gasteiger partial charge in [-0.3, -0.25) is 9.59 Å². The van der Waals surface area contributed by atoms with Crippen LogP contribution in [0.1, 0.15) is 17.5 Å². The number of nitrogens with zero attached hydrogens (tertiary/aromatic N) is 1. The van der Waals surface area contributed by atoms with Crippen LogP contribution < -0.4 is 10.6 Å². The Morgan fingerprint density at radius 1 is 1.15 bits per heavy atom. The molecule has 2 N–H and O–H groups in total. The third kappa shape index (κ3) is 3.36. The Bertz CT molecular complexity index is 486. The molecule has 1 saturated heterocycles. The van der Waals surface area contributed by atoms with Crippen molar-refractivity contribution in [3.8, 4) is 0 Å². The van der Waals surface area contributed by atoms with Crippen LogP contribution in [0.25, 0.3) is 0 Å². The Balaban J connectivity index is 2.05. The van der Waals surface area contributed by atoms with E-state index in [4.69, 9.17) is 0 Å². The smallest absolute Gasteiger partial charge is 0.313 e. The van der Waals surface area contributed by atoms with Crippen molar-refractivity contribution in [2.75, 3.05) is 31.5 Å². The number of hydrogen-bond acceptors (Lipinski definition) is 3. The first-order valence-electron chi connectivity index (χ1n) is 6.97. The van der Waals surface area contributed by atoms with E-state index in [1.165, 1.54) is 0 Å². The van der Waals surface area contributed by atoms with Crippen LogP contribution in [0, 0.1) is 13.8 Å². The highest BCUT2D eigenvalue weighted by atomic mass is 16.2. The summed E-state index contributed by atoms with van der Waals surface area (Å²) in [4.78, 5) is 25.9. The average Bonchev–Trinajstić information content (AvgIpc) is 2.71. The van der Waals surface area contributed by atoms with Crippen molar-refractivity contribution in [2.45, 2.75) is 20.3 Å². The van der Waals surface area contributed by atoms with E-state index in [-0.39, 0.29) is 0 Å². The molecule has 20 heavy (non-hydrogen) atoms. The predicted octanol–water partition coefficient (Wildman–Crippen LogP) is 1.06. The van der Waals surface area contributed by atoms with Gasteiger partial charge >= 0.3 is 11.8 Å². The van der Waals surface area contributed by atoms with Gasteiger partial charge in [-0.1, -0.05) is 18.2 Å². The van der Waals surface area contributed by atoms with Crippen LogP contribution in [0.5, 0.6) is 0 Å². The molecule has 0 aromatic heterocycles. The molecule has 0 aliphatic carbocycles. The van der Waals surface area contributed by atoms with Crippen molar-refractivity contribution in [2.24, 2.45) is 0 Å². The van der Waals surface area contributed by atoms with E-state index in [9.17, 15) is 9.59 Å². The van der Waals surface area contributed by atoms with Crippen molar-refractivity contribution in [3.63, 3.8) is 0 Å². The highest BCUT2D eigenvalue weighted by Gasteiger charge is 2.23. The fourth-order valence-electron chi connectivity index (χ4n) is 2.37. The maximum Gasteiger partial charge on any atom is 0.313 e. The van der Waals surface area contributed by atoms with Crippen LogP contribution in [-0.4, -0.2) is 42.9 Å². The van der Waals surface area contributed by atoms with Crippen molar-refractivity contribution < 1.29 is 9.59 Å². The lowest BCUT2D eigenvalue weighted by Gasteiger charge is -2.20. The third-order valence-electron chi connectivity index (χ3n) is 3.54. The Kier molecular flexibility index (Phi) is 4.74. The summed E-state index contributed by atoms with van der Waals surface area (Å²) < 4.78 is 0. The lowest BCUT2D eigenvalue weighted by Crippen LogP contribution is -2.41. The molecule has 0 bridgehead atoms. The lowest BCUT2D eigenvalue weighted by molar-refractivity contribution is -0.143. The molecule has 2 rings (SSSR count). The van der Waals surface area contributed by atoms with Crippen molar-refractivity contribution in [1.82, 2.24) is 10.2 Å². The number of nitrogens with one attached hydrogen (secondary N) is 2. The van der Waals surface area contributed by atoms with Gasteiger partial charge in [0, 0.05) is 25.3 Å². The lowest BCUT2D eigenvalue weighted by atomic mass is 10.1. The van der Waals surface area contributed by atoms with Gasteiger partial charge in [-0.2, -0.15) is 0 Å². The topological polar surface area (TPSA) is 61.4 Å². The highest BCUT2D eigenvalue weighted by Crippen LogP contribution is 2.19. The molecule has 1 aliphatic heterocycles. The van der Waals surface area contributed by atoms with Crippen LogP contribution in [0.4, 0.5) is 5.69 Å². The number of para-hydroxylation sites is 1. The second-order valence-corrected chi connectivity index (χ2v) is 5.12. The van der Waals surface area contributed by atoms with Crippen LogP contribution >= 0.6 is 0 Å². The zero-order chi connectivity index (χ0) is 14.5. The van der Waals surface area contributed by atoms with E-state index < -0.39 is 11.8 Å². The second kappa shape index (κ2) is 6.52. The molecule has 0 spiro atoms. The number of anilines is 1. The van der Waals surface area contributed by atoms with Crippen molar-refractivity contribution >= 4 is 17.5 Å². The summed E-state index contributed by atoms with van der Waals surface area (Å²) >= 11 is 0. The standard InChI is InChI=1S/C15H21N3O2/c1-11-5-3-6-12(2)13(11)17-14(19)15(20)18-9-4-7-16-8-10-18/h3,5-6,16H,4,7-10H2,1-2H3,(H,17,19). The number of rotatable bonds is 1. The molecule has 0 unspecified atom stereocenters. The van der Waals surface area contributed by atoms with Crippen LogP contribution in [0.2, 0.25) is 0 Å². The fraction of sp³-hybridized carbons (Fsp3) is 0.467. The molecule has 0 atom stereocenters. The predicted molar refractivity (Wildman–Crippen MR) is 78.6 cm³/mol. The first-order valence-corrected chi connectivity index (χ1v) is 6.97. The molecule has 1 heterocycles. The molecular formula is C15H21N3O2. The zero-order valence-corrected chi connectivity index (χ0v) is 12.0. The van der Waals surface area contributed by atoms with Crippen LogP contribution in [-0.2, 0) is 9.59 Å². The molecule has 1 aliphatic rings. The van der Waals surface area contributed by atoms with Gasteiger partial charge < -0.3 is 15.5 Å².